The number of ether oxygens (including phenoxy) is 3. The van der Waals surface area contributed by atoms with Crippen molar-refractivity contribution < 1.29 is 14.2 Å². The van der Waals surface area contributed by atoms with Gasteiger partial charge in [-0.3, -0.25) is 0 Å². The summed E-state index contributed by atoms with van der Waals surface area (Å²) in [7, 11) is 4.87. The minimum atomic E-state index is 0.601. The van der Waals surface area contributed by atoms with Crippen molar-refractivity contribution in [1.82, 2.24) is 0 Å². The molecule has 1 heterocycles. The molecule has 124 valence electrons. The maximum Gasteiger partial charge on any atom is 0.203 e. The van der Waals surface area contributed by atoms with Crippen molar-refractivity contribution in [2.45, 2.75) is 0 Å². The highest BCUT2D eigenvalue weighted by molar-refractivity contribution is 9.10. The molecule has 3 rings (SSSR count). The van der Waals surface area contributed by atoms with Gasteiger partial charge in [0.1, 0.15) is 0 Å². The lowest BCUT2D eigenvalue weighted by Gasteiger charge is -2.14. The predicted molar refractivity (Wildman–Crippen MR) is 103 cm³/mol. The van der Waals surface area contributed by atoms with E-state index in [0.717, 1.165) is 15.6 Å². The second-order valence-electron chi connectivity index (χ2n) is 5.08. The standard InChI is InChI=1S/C19H17BrO3S/c1-21-16-10-13(11-17(22-2)18(16)23-3)15-8-9-24-19(15)12-4-6-14(20)7-5-12/h4-11H,1-3H3. The van der Waals surface area contributed by atoms with Crippen molar-refractivity contribution in [2.75, 3.05) is 21.3 Å². The Morgan fingerprint density at radius 2 is 1.42 bits per heavy atom. The number of methoxy groups -OCH3 is 3. The van der Waals surface area contributed by atoms with Gasteiger partial charge in [-0.2, -0.15) is 0 Å². The first-order valence-corrected chi connectivity index (χ1v) is 8.99. The predicted octanol–water partition coefficient (Wildman–Crippen LogP) is 5.87. The molecule has 3 aromatic rings. The maximum absolute atomic E-state index is 5.47. The van der Waals surface area contributed by atoms with Crippen molar-refractivity contribution >= 4 is 27.3 Å². The molecule has 0 spiro atoms. The lowest BCUT2D eigenvalue weighted by Crippen LogP contribution is -1.95. The van der Waals surface area contributed by atoms with Crippen LogP contribution in [0.1, 0.15) is 0 Å². The van der Waals surface area contributed by atoms with Crippen LogP contribution >= 0.6 is 27.3 Å². The van der Waals surface area contributed by atoms with E-state index in [9.17, 15) is 0 Å². The van der Waals surface area contributed by atoms with Crippen LogP contribution in [0.25, 0.3) is 21.6 Å². The van der Waals surface area contributed by atoms with Gasteiger partial charge in [-0.15, -0.1) is 11.3 Å². The van der Waals surface area contributed by atoms with Crippen LogP contribution in [0.2, 0.25) is 0 Å². The molecule has 0 aliphatic rings. The highest BCUT2D eigenvalue weighted by atomic mass is 79.9. The molecule has 0 radical (unpaired) electrons. The van der Waals surface area contributed by atoms with Gasteiger partial charge >= 0.3 is 0 Å². The monoisotopic (exact) mass is 404 g/mol. The molecule has 0 bridgehead atoms. The minimum Gasteiger partial charge on any atom is -0.493 e. The average Bonchev–Trinajstić information content (AvgIpc) is 3.10. The van der Waals surface area contributed by atoms with E-state index in [1.54, 1.807) is 32.7 Å². The maximum atomic E-state index is 5.47. The summed E-state index contributed by atoms with van der Waals surface area (Å²) in [5.41, 5.74) is 3.35. The molecule has 0 amide bonds. The van der Waals surface area contributed by atoms with Crippen molar-refractivity contribution in [3.05, 3.63) is 52.3 Å². The van der Waals surface area contributed by atoms with Gasteiger partial charge in [-0.05, 0) is 46.8 Å². The van der Waals surface area contributed by atoms with E-state index in [2.05, 4.69) is 39.5 Å². The zero-order chi connectivity index (χ0) is 17.1. The van der Waals surface area contributed by atoms with Gasteiger partial charge in [-0.25, -0.2) is 0 Å². The van der Waals surface area contributed by atoms with E-state index in [1.165, 1.54) is 10.4 Å². The van der Waals surface area contributed by atoms with Gasteiger partial charge in [0, 0.05) is 14.9 Å². The Morgan fingerprint density at radius 3 is 1.96 bits per heavy atom. The number of halogens is 1. The second kappa shape index (κ2) is 7.28. The lowest BCUT2D eigenvalue weighted by molar-refractivity contribution is 0.324. The van der Waals surface area contributed by atoms with Gasteiger partial charge in [0.05, 0.1) is 21.3 Å². The Labute approximate surface area is 153 Å². The SMILES string of the molecule is COc1cc(-c2ccsc2-c2ccc(Br)cc2)cc(OC)c1OC. The van der Waals surface area contributed by atoms with Crippen LogP contribution in [0.3, 0.4) is 0 Å². The van der Waals surface area contributed by atoms with E-state index >= 15 is 0 Å². The Balaban J connectivity index is 2.14. The van der Waals surface area contributed by atoms with E-state index in [4.69, 9.17) is 14.2 Å². The molecule has 0 unspecified atom stereocenters. The normalized spacial score (nSPS) is 10.5. The summed E-state index contributed by atoms with van der Waals surface area (Å²) >= 11 is 5.19. The second-order valence-corrected chi connectivity index (χ2v) is 6.92. The molecule has 2 aromatic carbocycles. The molecule has 0 atom stereocenters. The van der Waals surface area contributed by atoms with Crippen molar-refractivity contribution in [3.63, 3.8) is 0 Å². The summed E-state index contributed by atoms with van der Waals surface area (Å²) in [5.74, 6) is 1.91. The number of thiophene rings is 1. The zero-order valence-corrected chi connectivity index (χ0v) is 16.0. The number of benzene rings is 2. The van der Waals surface area contributed by atoms with E-state index in [0.29, 0.717) is 17.2 Å². The Bertz CT molecular complexity index is 815. The quantitative estimate of drug-likeness (QED) is 0.531. The van der Waals surface area contributed by atoms with Gasteiger partial charge < -0.3 is 14.2 Å². The fourth-order valence-electron chi connectivity index (χ4n) is 2.60. The van der Waals surface area contributed by atoms with E-state index in [1.807, 2.05) is 24.3 Å². The molecule has 24 heavy (non-hydrogen) atoms. The number of rotatable bonds is 5. The summed E-state index contributed by atoms with van der Waals surface area (Å²) in [6, 6.07) is 14.4. The molecule has 0 saturated carbocycles. The lowest BCUT2D eigenvalue weighted by atomic mass is 10.0. The van der Waals surface area contributed by atoms with Gasteiger partial charge in [0.15, 0.2) is 11.5 Å². The first kappa shape index (κ1) is 16.9. The summed E-state index contributed by atoms with van der Waals surface area (Å²) in [5, 5.41) is 2.09. The zero-order valence-electron chi connectivity index (χ0n) is 13.6. The fourth-order valence-corrected chi connectivity index (χ4v) is 3.79. The average molecular weight is 405 g/mol. The van der Waals surface area contributed by atoms with Crippen LogP contribution < -0.4 is 14.2 Å². The fraction of sp³-hybridized carbons (Fsp3) is 0.158. The summed E-state index contributed by atoms with van der Waals surface area (Å²) in [4.78, 5) is 1.21. The van der Waals surface area contributed by atoms with Gasteiger partial charge in [0.2, 0.25) is 5.75 Å². The van der Waals surface area contributed by atoms with Gasteiger partial charge in [0.25, 0.3) is 0 Å². The first-order valence-electron chi connectivity index (χ1n) is 7.31. The largest absolute Gasteiger partial charge is 0.493 e. The molecular weight excluding hydrogens is 388 g/mol. The molecule has 0 N–H and O–H groups in total. The molecule has 1 aromatic heterocycles. The third kappa shape index (κ3) is 3.14. The van der Waals surface area contributed by atoms with Crippen LogP contribution in [0.15, 0.2) is 52.3 Å². The molecule has 0 aliphatic carbocycles. The smallest absolute Gasteiger partial charge is 0.203 e. The highest BCUT2D eigenvalue weighted by Crippen LogP contribution is 2.44. The third-order valence-electron chi connectivity index (χ3n) is 3.75. The Hall–Kier alpha value is -1.98. The molecule has 0 saturated heterocycles. The third-order valence-corrected chi connectivity index (χ3v) is 5.24. The molecule has 0 fully saturated rings. The van der Waals surface area contributed by atoms with Crippen molar-refractivity contribution in [1.29, 1.82) is 0 Å². The number of hydrogen-bond donors (Lipinski definition) is 0. The Kier molecular flexibility index (Phi) is 5.11. The molecule has 0 aliphatic heterocycles. The molecular formula is C19H17BrO3S. The minimum absolute atomic E-state index is 0.601. The van der Waals surface area contributed by atoms with Crippen LogP contribution in [-0.2, 0) is 0 Å². The Morgan fingerprint density at radius 1 is 0.792 bits per heavy atom. The van der Waals surface area contributed by atoms with Crippen LogP contribution in [0, 0.1) is 0 Å². The first-order chi connectivity index (χ1) is 11.7. The summed E-state index contributed by atoms with van der Waals surface area (Å²) in [6.07, 6.45) is 0. The van der Waals surface area contributed by atoms with Crippen LogP contribution in [0.5, 0.6) is 17.2 Å². The van der Waals surface area contributed by atoms with Gasteiger partial charge in [-0.1, -0.05) is 28.1 Å². The van der Waals surface area contributed by atoms with E-state index < -0.39 is 0 Å². The van der Waals surface area contributed by atoms with Crippen LogP contribution in [-0.4, -0.2) is 21.3 Å². The van der Waals surface area contributed by atoms with Crippen molar-refractivity contribution in [2.24, 2.45) is 0 Å². The number of hydrogen-bond acceptors (Lipinski definition) is 4. The molecule has 5 heteroatoms. The highest BCUT2D eigenvalue weighted by Gasteiger charge is 2.17. The van der Waals surface area contributed by atoms with Crippen LogP contribution in [0.4, 0.5) is 0 Å². The van der Waals surface area contributed by atoms with E-state index in [-0.39, 0.29) is 0 Å². The summed E-state index contributed by atoms with van der Waals surface area (Å²) < 4.78 is 17.4. The van der Waals surface area contributed by atoms with Crippen molar-refractivity contribution in [3.8, 4) is 38.8 Å². The summed E-state index contributed by atoms with van der Waals surface area (Å²) in [6.45, 7) is 0. The molecule has 3 nitrogen and oxygen atoms in total. The topological polar surface area (TPSA) is 27.7 Å².